The number of carbonyl (C=O) groups is 2. The SMILES string of the molecule is C[C@H]1C(=O)NC[C@@H]1CC(=O)O. The number of carbonyl (C=O) groups excluding carboxylic acids is 1. The van der Waals surface area contributed by atoms with Crippen molar-refractivity contribution in [2.75, 3.05) is 6.54 Å². The minimum absolute atomic E-state index is 0.0278. The zero-order chi connectivity index (χ0) is 8.43. The first kappa shape index (κ1) is 8.04. The van der Waals surface area contributed by atoms with E-state index in [2.05, 4.69) is 5.32 Å². The summed E-state index contributed by atoms with van der Waals surface area (Å²) in [5.74, 6) is -1.04. The van der Waals surface area contributed by atoms with Gasteiger partial charge < -0.3 is 10.4 Å². The van der Waals surface area contributed by atoms with Gasteiger partial charge in [-0.25, -0.2) is 0 Å². The molecule has 62 valence electrons. The Morgan fingerprint density at radius 3 is 2.82 bits per heavy atom. The van der Waals surface area contributed by atoms with Gasteiger partial charge in [0, 0.05) is 12.5 Å². The van der Waals surface area contributed by atoms with Gasteiger partial charge in [0.05, 0.1) is 6.42 Å². The Kier molecular flexibility index (Phi) is 2.12. The average Bonchev–Trinajstić information content (AvgIpc) is 2.18. The minimum atomic E-state index is -0.835. The van der Waals surface area contributed by atoms with E-state index in [1.54, 1.807) is 6.92 Å². The molecule has 0 bridgehead atoms. The third-order valence-electron chi connectivity index (χ3n) is 2.10. The Morgan fingerprint density at radius 2 is 2.45 bits per heavy atom. The topological polar surface area (TPSA) is 66.4 Å². The highest BCUT2D eigenvalue weighted by Crippen LogP contribution is 2.20. The molecule has 1 amide bonds. The van der Waals surface area contributed by atoms with Gasteiger partial charge in [0.25, 0.3) is 0 Å². The molecule has 1 fully saturated rings. The quantitative estimate of drug-likeness (QED) is 0.585. The molecule has 4 nitrogen and oxygen atoms in total. The zero-order valence-electron chi connectivity index (χ0n) is 6.33. The molecule has 0 aliphatic carbocycles. The highest BCUT2D eigenvalue weighted by molar-refractivity contribution is 5.81. The first-order valence-corrected chi connectivity index (χ1v) is 3.60. The second-order valence-electron chi connectivity index (χ2n) is 2.89. The molecule has 11 heavy (non-hydrogen) atoms. The Morgan fingerprint density at radius 1 is 1.82 bits per heavy atom. The van der Waals surface area contributed by atoms with Gasteiger partial charge in [-0.2, -0.15) is 0 Å². The van der Waals surface area contributed by atoms with Gasteiger partial charge in [-0.1, -0.05) is 6.92 Å². The van der Waals surface area contributed by atoms with Crippen LogP contribution in [0.5, 0.6) is 0 Å². The van der Waals surface area contributed by atoms with Crippen molar-refractivity contribution in [3.63, 3.8) is 0 Å². The lowest BCUT2D eigenvalue weighted by molar-refractivity contribution is -0.138. The summed E-state index contributed by atoms with van der Waals surface area (Å²) in [5.41, 5.74) is 0. The van der Waals surface area contributed by atoms with Gasteiger partial charge in [0.2, 0.25) is 5.91 Å². The third kappa shape index (κ3) is 1.69. The van der Waals surface area contributed by atoms with Crippen molar-refractivity contribution >= 4 is 11.9 Å². The molecule has 1 saturated heterocycles. The second kappa shape index (κ2) is 2.90. The molecule has 1 heterocycles. The molecule has 0 aromatic carbocycles. The predicted octanol–water partition coefficient (Wildman–Crippen LogP) is -0.157. The summed E-state index contributed by atoms with van der Waals surface area (Å²) in [7, 11) is 0. The summed E-state index contributed by atoms with van der Waals surface area (Å²) in [4.78, 5) is 21.1. The Balaban J connectivity index is 2.48. The molecule has 2 N–H and O–H groups in total. The average molecular weight is 157 g/mol. The van der Waals surface area contributed by atoms with Crippen molar-refractivity contribution < 1.29 is 14.7 Å². The molecule has 1 aliphatic rings. The Labute approximate surface area is 64.6 Å². The normalized spacial score (nSPS) is 30.1. The van der Waals surface area contributed by atoms with Crippen molar-refractivity contribution in [3.8, 4) is 0 Å². The van der Waals surface area contributed by atoms with Crippen molar-refractivity contribution in [2.45, 2.75) is 13.3 Å². The van der Waals surface area contributed by atoms with Gasteiger partial charge in [0.1, 0.15) is 0 Å². The fourth-order valence-electron chi connectivity index (χ4n) is 1.26. The van der Waals surface area contributed by atoms with E-state index in [9.17, 15) is 9.59 Å². The van der Waals surface area contributed by atoms with Crippen LogP contribution in [0.25, 0.3) is 0 Å². The van der Waals surface area contributed by atoms with E-state index in [4.69, 9.17) is 5.11 Å². The minimum Gasteiger partial charge on any atom is -0.481 e. The number of nitrogens with one attached hydrogen (secondary N) is 1. The number of hydrogen-bond donors (Lipinski definition) is 2. The van der Waals surface area contributed by atoms with E-state index in [1.165, 1.54) is 0 Å². The summed E-state index contributed by atoms with van der Waals surface area (Å²) >= 11 is 0. The van der Waals surface area contributed by atoms with Gasteiger partial charge in [-0.3, -0.25) is 9.59 Å². The van der Waals surface area contributed by atoms with Gasteiger partial charge >= 0.3 is 5.97 Å². The molecular formula is C7H11NO3. The summed E-state index contributed by atoms with van der Waals surface area (Å²) in [6.07, 6.45) is 0.0832. The lowest BCUT2D eigenvalue weighted by Gasteiger charge is -2.07. The highest BCUT2D eigenvalue weighted by atomic mass is 16.4. The van der Waals surface area contributed by atoms with Crippen LogP contribution < -0.4 is 5.32 Å². The van der Waals surface area contributed by atoms with E-state index >= 15 is 0 Å². The van der Waals surface area contributed by atoms with E-state index in [-0.39, 0.29) is 24.2 Å². The van der Waals surface area contributed by atoms with Crippen LogP contribution in [0.4, 0.5) is 0 Å². The van der Waals surface area contributed by atoms with Crippen LogP contribution in [0.2, 0.25) is 0 Å². The van der Waals surface area contributed by atoms with Crippen molar-refractivity contribution in [1.29, 1.82) is 0 Å². The molecule has 1 aliphatic heterocycles. The molecule has 0 aromatic heterocycles. The number of aliphatic carboxylic acids is 1. The Bertz CT molecular complexity index is 190. The lowest BCUT2D eigenvalue weighted by Crippen LogP contribution is -2.17. The fraction of sp³-hybridized carbons (Fsp3) is 0.714. The number of hydrogen-bond acceptors (Lipinski definition) is 2. The maximum Gasteiger partial charge on any atom is 0.303 e. The van der Waals surface area contributed by atoms with E-state index < -0.39 is 5.97 Å². The number of carboxylic acids is 1. The van der Waals surface area contributed by atoms with E-state index in [0.717, 1.165) is 0 Å². The first-order valence-electron chi connectivity index (χ1n) is 3.60. The largest absolute Gasteiger partial charge is 0.481 e. The predicted molar refractivity (Wildman–Crippen MR) is 37.9 cm³/mol. The van der Waals surface area contributed by atoms with Crippen LogP contribution in [0.15, 0.2) is 0 Å². The van der Waals surface area contributed by atoms with Crippen molar-refractivity contribution in [2.24, 2.45) is 11.8 Å². The number of carboxylic acid groups (broad SMARTS) is 1. The van der Waals surface area contributed by atoms with Crippen LogP contribution in [0.1, 0.15) is 13.3 Å². The maximum atomic E-state index is 10.9. The van der Waals surface area contributed by atoms with Gasteiger partial charge in [0.15, 0.2) is 0 Å². The molecule has 1 rings (SSSR count). The molecule has 0 unspecified atom stereocenters. The number of amides is 1. The van der Waals surface area contributed by atoms with Crippen LogP contribution in [-0.4, -0.2) is 23.5 Å². The summed E-state index contributed by atoms with van der Waals surface area (Å²) < 4.78 is 0. The monoisotopic (exact) mass is 157 g/mol. The third-order valence-corrected chi connectivity index (χ3v) is 2.10. The van der Waals surface area contributed by atoms with Crippen molar-refractivity contribution in [1.82, 2.24) is 5.32 Å². The van der Waals surface area contributed by atoms with E-state index in [0.29, 0.717) is 6.54 Å². The summed E-state index contributed by atoms with van der Waals surface area (Å²) in [5, 5.41) is 11.1. The smallest absolute Gasteiger partial charge is 0.303 e. The van der Waals surface area contributed by atoms with Crippen molar-refractivity contribution in [3.05, 3.63) is 0 Å². The molecular weight excluding hydrogens is 146 g/mol. The lowest BCUT2D eigenvalue weighted by atomic mass is 9.94. The van der Waals surface area contributed by atoms with Crippen LogP contribution in [0.3, 0.4) is 0 Å². The van der Waals surface area contributed by atoms with Crippen LogP contribution in [0, 0.1) is 11.8 Å². The maximum absolute atomic E-state index is 10.9. The second-order valence-corrected chi connectivity index (χ2v) is 2.89. The molecule has 0 saturated carbocycles. The summed E-state index contributed by atoms with van der Waals surface area (Å²) in [6, 6.07) is 0. The Hall–Kier alpha value is -1.06. The van der Waals surface area contributed by atoms with Gasteiger partial charge in [-0.15, -0.1) is 0 Å². The molecule has 0 aromatic rings. The van der Waals surface area contributed by atoms with Gasteiger partial charge in [-0.05, 0) is 5.92 Å². The first-order chi connectivity index (χ1) is 5.11. The summed E-state index contributed by atoms with van der Waals surface area (Å²) in [6.45, 7) is 2.27. The van der Waals surface area contributed by atoms with E-state index in [1.807, 2.05) is 0 Å². The van der Waals surface area contributed by atoms with Crippen LogP contribution >= 0.6 is 0 Å². The van der Waals surface area contributed by atoms with Crippen LogP contribution in [-0.2, 0) is 9.59 Å². The molecule has 2 atom stereocenters. The standard InChI is InChI=1S/C7H11NO3/c1-4-5(2-6(9)10)3-8-7(4)11/h4-5H,2-3H2,1H3,(H,8,11)(H,9,10)/t4-,5+/m1/s1. The number of rotatable bonds is 2. The highest BCUT2D eigenvalue weighted by Gasteiger charge is 2.31. The molecule has 0 radical (unpaired) electrons. The molecule has 0 spiro atoms. The molecule has 4 heteroatoms. The zero-order valence-corrected chi connectivity index (χ0v) is 6.33. The fourth-order valence-corrected chi connectivity index (χ4v) is 1.26.